The molecule has 3 N–H and O–H groups in total. The van der Waals surface area contributed by atoms with Crippen LogP contribution in [-0.4, -0.2) is 31.2 Å². The van der Waals surface area contributed by atoms with Crippen molar-refractivity contribution in [2.75, 3.05) is 7.11 Å². The van der Waals surface area contributed by atoms with Crippen LogP contribution in [0.15, 0.2) is 0 Å². The van der Waals surface area contributed by atoms with Crippen LogP contribution in [0.2, 0.25) is 0 Å². The highest BCUT2D eigenvalue weighted by Crippen LogP contribution is 2.32. The van der Waals surface area contributed by atoms with E-state index in [0.717, 1.165) is 12.8 Å². The molecule has 4 atom stereocenters. The largest absolute Gasteiger partial charge is 0.468 e. The van der Waals surface area contributed by atoms with Crippen LogP contribution in [0.5, 0.6) is 0 Å². The first-order valence-corrected chi connectivity index (χ1v) is 5.30. The lowest BCUT2D eigenvalue weighted by molar-refractivity contribution is -0.143. The van der Waals surface area contributed by atoms with Crippen LogP contribution in [0.1, 0.15) is 25.7 Å². The zero-order valence-corrected chi connectivity index (χ0v) is 11.0. The maximum absolute atomic E-state index is 11.3. The van der Waals surface area contributed by atoms with E-state index in [2.05, 4.69) is 10.1 Å². The molecular weight excluding hydrogens is 251 g/mol. The number of fused-ring (bicyclic) bond motifs is 2. The van der Waals surface area contributed by atoms with Gasteiger partial charge in [0.2, 0.25) is 0 Å². The van der Waals surface area contributed by atoms with E-state index < -0.39 is 6.04 Å². The second-order valence-corrected chi connectivity index (χ2v) is 4.42. The van der Waals surface area contributed by atoms with Gasteiger partial charge in [-0.2, -0.15) is 0 Å². The molecule has 2 aliphatic heterocycles. The van der Waals surface area contributed by atoms with Crippen LogP contribution in [-0.2, 0) is 9.53 Å². The number of ether oxygens (including phenoxy) is 1. The molecule has 0 aromatic rings. The average molecular weight is 271 g/mol. The molecule has 96 valence electrons. The van der Waals surface area contributed by atoms with E-state index in [0.29, 0.717) is 18.0 Å². The molecule has 0 saturated carbocycles. The number of hydrogen-bond acceptors (Lipinski definition) is 4. The number of carbonyl (C=O) groups is 1. The third-order valence-electron chi connectivity index (χ3n) is 3.49. The number of halogens is 2. The summed E-state index contributed by atoms with van der Waals surface area (Å²) in [7, 11) is 1.40. The molecule has 0 aromatic carbocycles. The molecule has 2 saturated heterocycles. The van der Waals surface area contributed by atoms with Crippen LogP contribution >= 0.6 is 24.8 Å². The van der Waals surface area contributed by atoms with Crippen LogP contribution in [0.25, 0.3) is 0 Å². The van der Waals surface area contributed by atoms with Crippen molar-refractivity contribution in [2.45, 2.75) is 43.8 Å². The number of rotatable bonds is 2. The monoisotopic (exact) mass is 270 g/mol. The summed E-state index contributed by atoms with van der Waals surface area (Å²) in [6.45, 7) is 0. The Balaban J connectivity index is 0.00000112. The summed E-state index contributed by atoms with van der Waals surface area (Å²) in [5.74, 6) is 0.0394. The van der Waals surface area contributed by atoms with Crippen molar-refractivity contribution in [3.8, 4) is 0 Å². The minimum absolute atomic E-state index is 0. The van der Waals surface area contributed by atoms with E-state index in [-0.39, 0.29) is 30.8 Å². The van der Waals surface area contributed by atoms with Crippen molar-refractivity contribution >= 4 is 30.8 Å². The molecule has 2 fully saturated rings. The van der Waals surface area contributed by atoms with E-state index in [1.54, 1.807) is 0 Å². The first kappa shape index (κ1) is 16.0. The Morgan fingerprint density at radius 2 is 1.81 bits per heavy atom. The molecule has 0 aliphatic carbocycles. The first-order chi connectivity index (χ1) is 6.70. The van der Waals surface area contributed by atoms with Crippen LogP contribution < -0.4 is 11.1 Å². The molecule has 0 radical (unpaired) electrons. The van der Waals surface area contributed by atoms with Crippen molar-refractivity contribution in [1.82, 2.24) is 5.32 Å². The molecule has 6 heteroatoms. The third kappa shape index (κ3) is 3.23. The van der Waals surface area contributed by atoms with E-state index in [4.69, 9.17) is 5.73 Å². The van der Waals surface area contributed by atoms with Crippen LogP contribution in [0.3, 0.4) is 0 Å². The van der Waals surface area contributed by atoms with Gasteiger partial charge in [0, 0.05) is 12.1 Å². The van der Waals surface area contributed by atoms with E-state index in [1.165, 1.54) is 20.0 Å². The van der Waals surface area contributed by atoms with Gasteiger partial charge in [-0.15, -0.1) is 24.8 Å². The summed E-state index contributed by atoms with van der Waals surface area (Å²) in [6.07, 6.45) is 4.50. The minimum atomic E-state index is -0.426. The zero-order chi connectivity index (χ0) is 10.1. The summed E-state index contributed by atoms with van der Waals surface area (Å²) < 4.78 is 4.67. The maximum atomic E-state index is 11.3. The van der Waals surface area contributed by atoms with E-state index in [9.17, 15) is 4.79 Å². The highest BCUT2D eigenvalue weighted by atomic mass is 35.5. The quantitative estimate of drug-likeness (QED) is 0.731. The van der Waals surface area contributed by atoms with Gasteiger partial charge < -0.3 is 15.8 Å². The number of carbonyl (C=O) groups excluding carboxylic acids is 1. The van der Waals surface area contributed by atoms with Gasteiger partial charge in [-0.05, 0) is 31.6 Å². The van der Waals surface area contributed by atoms with Gasteiger partial charge >= 0.3 is 5.97 Å². The SMILES string of the molecule is COC(=O)[C@@H](N)C1C[C@H]2CC[C@@H](C1)N2.Cl.Cl. The van der Waals surface area contributed by atoms with Crippen molar-refractivity contribution in [2.24, 2.45) is 11.7 Å². The Morgan fingerprint density at radius 1 is 1.31 bits per heavy atom. The molecule has 1 unspecified atom stereocenters. The van der Waals surface area contributed by atoms with E-state index >= 15 is 0 Å². The lowest BCUT2D eigenvalue weighted by Gasteiger charge is -2.31. The molecule has 2 aliphatic rings. The summed E-state index contributed by atoms with van der Waals surface area (Å²) in [5.41, 5.74) is 5.85. The highest BCUT2D eigenvalue weighted by Gasteiger charge is 2.38. The molecule has 0 spiro atoms. The molecule has 2 heterocycles. The number of hydrogen-bond donors (Lipinski definition) is 2. The van der Waals surface area contributed by atoms with Crippen molar-refractivity contribution in [3.05, 3.63) is 0 Å². The molecule has 16 heavy (non-hydrogen) atoms. The fourth-order valence-corrected chi connectivity index (χ4v) is 2.72. The van der Waals surface area contributed by atoms with Crippen LogP contribution in [0.4, 0.5) is 0 Å². The lowest BCUT2D eigenvalue weighted by atomic mass is 9.86. The van der Waals surface area contributed by atoms with Gasteiger partial charge in [0.05, 0.1) is 7.11 Å². The zero-order valence-electron chi connectivity index (χ0n) is 9.35. The normalized spacial score (nSPS) is 33.2. The second-order valence-electron chi connectivity index (χ2n) is 4.42. The predicted molar refractivity (Wildman–Crippen MR) is 67.2 cm³/mol. The molecular formula is C10H20Cl2N2O2. The Kier molecular flexibility index (Phi) is 6.63. The summed E-state index contributed by atoms with van der Waals surface area (Å²) >= 11 is 0. The van der Waals surface area contributed by atoms with Gasteiger partial charge in [0.1, 0.15) is 6.04 Å². The minimum Gasteiger partial charge on any atom is -0.468 e. The van der Waals surface area contributed by atoms with Gasteiger partial charge in [0.25, 0.3) is 0 Å². The Bertz CT molecular complexity index is 229. The Labute approximate surface area is 108 Å². The number of piperidine rings is 1. The summed E-state index contributed by atoms with van der Waals surface area (Å²) in [5, 5.41) is 3.52. The second kappa shape index (κ2) is 6.64. The predicted octanol–water partition coefficient (Wildman–Crippen LogP) is 0.861. The number of methoxy groups -OCH3 is 1. The maximum Gasteiger partial charge on any atom is 0.322 e. The fraction of sp³-hybridized carbons (Fsp3) is 0.900. The third-order valence-corrected chi connectivity index (χ3v) is 3.49. The topological polar surface area (TPSA) is 64.3 Å². The van der Waals surface area contributed by atoms with Gasteiger partial charge in [-0.3, -0.25) is 4.79 Å². The van der Waals surface area contributed by atoms with E-state index in [1.807, 2.05) is 0 Å². The van der Waals surface area contributed by atoms with Gasteiger partial charge in [0.15, 0.2) is 0 Å². The van der Waals surface area contributed by atoms with Crippen LogP contribution in [0, 0.1) is 5.92 Å². The number of nitrogens with one attached hydrogen (secondary N) is 1. The first-order valence-electron chi connectivity index (χ1n) is 5.30. The number of esters is 1. The summed E-state index contributed by atoms with van der Waals surface area (Å²) in [4.78, 5) is 11.3. The molecule has 4 nitrogen and oxygen atoms in total. The van der Waals surface area contributed by atoms with Gasteiger partial charge in [-0.25, -0.2) is 0 Å². The molecule has 2 bridgehead atoms. The molecule has 0 amide bonds. The van der Waals surface area contributed by atoms with Crippen molar-refractivity contribution in [3.63, 3.8) is 0 Å². The fourth-order valence-electron chi connectivity index (χ4n) is 2.72. The van der Waals surface area contributed by atoms with Crippen molar-refractivity contribution < 1.29 is 9.53 Å². The van der Waals surface area contributed by atoms with Crippen molar-refractivity contribution in [1.29, 1.82) is 0 Å². The molecule has 2 rings (SSSR count). The van der Waals surface area contributed by atoms with Gasteiger partial charge in [-0.1, -0.05) is 0 Å². The lowest BCUT2D eigenvalue weighted by Crippen LogP contribution is -2.47. The smallest absolute Gasteiger partial charge is 0.322 e. The standard InChI is InChI=1S/C10H18N2O2.2ClH/c1-14-10(13)9(11)6-4-7-2-3-8(5-6)12-7;;/h6-9,12H,2-5,11H2,1H3;2*1H/t6?,7-,8+,9-;;/m0../s1. The summed E-state index contributed by atoms with van der Waals surface area (Å²) in [6, 6.07) is 0.731. The molecule has 0 aromatic heterocycles. The average Bonchev–Trinajstić information content (AvgIpc) is 2.55. The Hall–Kier alpha value is -0.0300. The highest BCUT2D eigenvalue weighted by molar-refractivity contribution is 5.85. The Morgan fingerprint density at radius 3 is 2.25 bits per heavy atom. The number of nitrogens with two attached hydrogens (primary N) is 1.